The molecule has 2 aliphatic rings. The molecule has 5 heteroatoms. The van der Waals surface area contributed by atoms with Crippen molar-refractivity contribution in [2.75, 3.05) is 13.1 Å². The summed E-state index contributed by atoms with van der Waals surface area (Å²) in [6.45, 7) is 1.12. The summed E-state index contributed by atoms with van der Waals surface area (Å²) in [4.78, 5) is 13.6. The normalized spacial score (nSPS) is 26.2. The Morgan fingerprint density at radius 3 is 3.16 bits per heavy atom. The number of hydrogen-bond acceptors (Lipinski definition) is 3. The quantitative estimate of drug-likeness (QED) is 0.869. The number of halogens is 1. The minimum absolute atomic E-state index is 0.0546. The lowest BCUT2D eigenvalue weighted by Gasteiger charge is -2.32. The van der Waals surface area contributed by atoms with Gasteiger partial charge in [0.15, 0.2) is 0 Å². The Kier molecular flexibility index (Phi) is 3.14. The maximum absolute atomic E-state index is 13.1. The van der Waals surface area contributed by atoms with Crippen molar-refractivity contribution < 1.29 is 13.9 Å². The Labute approximate surface area is 111 Å². The van der Waals surface area contributed by atoms with E-state index in [1.807, 2.05) is 0 Å². The van der Waals surface area contributed by atoms with Gasteiger partial charge in [-0.2, -0.15) is 0 Å². The van der Waals surface area contributed by atoms with Crippen LogP contribution in [0.4, 0.5) is 4.39 Å². The molecule has 1 amide bonds. The molecule has 2 atom stereocenters. The number of rotatable bonds is 2. The molecule has 4 nitrogen and oxygen atoms in total. The third kappa shape index (κ3) is 2.56. The molecule has 2 aliphatic heterocycles. The maximum Gasteiger partial charge on any atom is 0.222 e. The lowest BCUT2D eigenvalue weighted by atomic mass is 10.0. The standard InChI is InChI=1S/C14H17FN2O2/c15-10-1-3-13-9(5-10)6-12(19-13)8-17-7-11(16)2-4-14(17)18/h1,3,5,11-12H,2,4,6-8,16H2. The first-order chi connectivity index (χ1) is 9.11. The zero-order valence-electron chi connectivity index (χ0n) is 10.6. The van der Waals surface area contributed by atoms with Crippen LogP contribution in [-0.2, 0) is 11.2 Å². The summed E-state index contributed by atoms with van der Waals surface area (Å²) in [7, 11) is 0. The van der Waals surface area contributed by atoms with Gasteiger partial charge in [0.1, 0.15) is 17.7 Å². The first kappa shape index (κ1) is 12.4. The van der Waals surface area contributed by atoms with Crippen molar-refractivity contribution in [2.45, 2.75) is 31.4 Å². The van der Waals surface area contributed by atoms with Gasteiger partial charge in [-0.25, -0.2) is 4.39 Å². The van der Waals surface area contributed by atoms with E-state index in [0.717, 1.165) is 17.7 Å². The molecule has 0 bridgehead atoms. The van der Waals surface area contributed by atoms with Crippen molar-refractivity contribution in [3.8, 4) is 5.75 Å². The molecule has 3 rings (SSSR count). The van der Waals surface area contributed by atoms with Crippen LogP contribution in [0.15, 0.2) is 18.2 Å². The Balaban J connectivity index is 1.65. The lowest BCUT2D eigenvalue weighted by Crippen LogP contribution is -2.49. The second kappa shape index (κ2) is 4.81. The number of piperidine rings is 1. The highest BCUT2D eigenvalue weighted by atomic mass is 19.1. The van der Waals surface area contributed by atoms with Crippen LogP contribution in [0.1, 0.15) is 18.4 Å². The van der Waals surface area contributed by atoms with E-state index in [4.69, 9.17) is 10.5 Å². The van der Waals surface area contributed by atoms with Crippen LogP contribution in [0.2, 0.25) is 0 Å². The van der Waals surface area contributed by atoms with Gasteiger partial charge in [0, 0.05) is 31.0 Å². The number of carbonyl (C=O) groups is 1. The topological polar surface area (TPSA) is 55.6 Å². The van der Waals surface area contributed by atoms with Gasteiger partial charge < -0.3 is 15.4 Å². The number of amides is 1. The highest BCUT2D eigenvalue weighted by Gasteiger charge is 2.30. The Morgan fingerprint density at radius 2 is 2.32 bits per heavy atom. The lowest BCUT2D eigenvalue weighted by molar-refractivity contribution is -0.134. The second-order valence-corrected chi connectivity index (χ2v) is 5.29. The molecule has 2 N–H and O–H groups in total. The molecule has 2 heterocycles. The largest absolute Gasteiger partial charge is 0.488 e. The fourth-order valence-corrected chi connectivity index (χ4v) is 2.76. The van der Waals surface area contributed by atoms with E-state index in [-0.39, 0.29) is 23.9 Å². The van der Waals surface area contributed by atoms with E-state index >= 15 is 0 Å². The molecule has 1 fully saturated rings. The number of carbonyl (C=O) groups excluding carboxylic acids is 1. The highest BCUT2D eigenvalue weighted by Crippen LogP contribution is 2.30. The summed E-state index contributed by atoms with van der Waals surface area (Å²) in [5, 5.41) is 0. The van der Waals surface area contributed by atoms with Gasteiger partial charge in [-0.15, -0.1) is 0 Å². The maximum atomic E-state index is 13.1. The van der Waals surface area contributed by atoms with Crippen molar-refractivity contribution in [3.05, 3.63) is 29.6 Å². The number of nitrogens with two attached hydrogens (primary N) is 1. The third-order valence-corrected chi connectivity index (χ3v) is 3.72. The SMILES string of the molecule is NC1CCC(=O)N(CC2Cc3cc(F)ccc3O2)C1. The van der Waals surface area contributed by atoms with E-state index in [0.29, 0.717) is 25.9 Å². The molecule has 1 aromatic rings. The van der Waals surface area contributed by atoms with E-state index in [9.17, 15) is 9.18 Å². The number of likely N-dealkylation sites (tertiary alicyclic amines) is 1. The van der Waals surface area contributed by atoms with Crippen LogP contribution < -0.4 is 10.5 Å². The fourth-order valence-electron chi connectivity index (χ4n) is 2.76. The average Bonchev–Trinajstić information content (AvgIpc) is 2.75. The molecule has 102 valence electrons. The zero-order chi connectivity index (χ0) is 13.4. The number of hydrogen-bond donors (Lipinski definition) is 1. The number of ether oxygens (including phenoxy) is 1. The van der Waals surface area contributed by atoms with E-state index in [2.05, 4.69) is 0 Å². The smallest absolute Gasteiger partial charge is 0.222 e. The van der Waals surface area contributed by atoms with Crippen LogP contribution in [0.3, 0.4) is 0 Å². The Bertz CT molecular complexity index is 506. The minimum atomic E-state index is -0.251. The first-order valence-corrected chi connectivity index (χ1v) is 6.60. The van der Waals surface area contributed by atoms with Crippen LogP contribution >= 0.6 is 0 Å². The van der Waals surface area contributed by atoms with Crippen molar-refractivity contribution in [3.63, 3.8) is 0 Å². The predicted molar refractivity (Wildman–Crippen MR) is 68.3 cm³/mol. The Morgan fingerprint density at radius 1 is 1.47 bits per heavy atom. The predicted octanol–water partition coefficient (Wildman–Crippen LogP) is 1.08. The summed E-state index contributed by atoms with van der Waals surface area (Å²) in [6, 6.07) is 4.59. The molecular formula is C14H17FN2O2. The number of nitrogens with zero attached hydrogens (tertiary/aromatic N) is 1. The van der Waals surface area contributed by atoms with E-state index < -0.39 is 0 Å². The van der Waals surface area contributed by atoms with Gasteiger partial charge in [-0.3, -0.25) is 4.79 Å². The number of fused-ring (bicyclic) bond motifs is 1. The monoisotopic (exact) mass is 264 g/mol. The van der Waals surface area contributed by atoms with Gasteiger partial charge in [-0.1, -0.05) is 0 Å². The minimum Gasteiger partial charge on any atom is -0.488 e. The molecule has 0 aliphatic carbocycles. The van der Waals surface area contributed by atoms with E-state index in [1.54, 1.807) is 11.0 Å². The fraction of sp³-hybridized carbons (Fsp3) is 0.500. The summed E-state index contributed by atoms with van der Waals surface area (Å²) in [5.41, 5.74) is 6.76. The molecule has 0 radical (unpaired) electrons. The van der Waals surface area contributed by atoms with Crippen molar-refractivity contribution >= 4 is 5.91 Å². The van der Waals surface area contributed by atoms with Gasteiger partial charge in [-0.05, 0) is 24.6 Å². The molecule has 1 saturated heterocycles. The van der Waals surface area contributed by atoms with E-state index in [1.165, 1.54) is 12.1 Å². The summed E-state index contributed by atoms with van der Waals surface area (Å²) in [5.74, 6) is 0.603. The molecule has 1 aromatic carbocycles. The number of benzene rings is 1. The molecule has 19 heavy (non-hydrogen) atoms. The second-order valence-electron chi connectivity index (χ2n) is 5.29. The summed E-state index contributed by atoms with van der Waals surface area (Å²) >= 11 is 0. The van der Waals surface area contributed by atoms with Crippen LogP contribution in [0, 0.1) is 5.82 Å². The molecule has 0 aromatic heterocycles. The van der Waals surface area contributed by atoms with Crippen LogP contribution in [-0.4, -0.2) is 36.0 Å². The molecule has 0 spiro atoms. The molecule has 2 unspecified atom stereocenters. The average molecular weight is 264 g/mol. The summed E-state index contributed by atoms with van der Waals surface area (Å²) < 4.78 is 18.9. The van der Waals surface area contributed by atoms with Gasteiger partial charge in [0.2, 0.25) is 5.91 Å². The van der Waals surface area contributed by atoms with Crippen molar-refractivity contribution in [1.29, 1.82) is 0 Å². The van der Waals surface area contributed by atoms with Gasteiger partial charge in [0.05, 0.1) is 6.54 Å². The van der Waals surface area contributed by atoms with Crippen LogP contribution in [0.5, 0.6) is 5.75 Å². The Hall–Kier alpha value is -1.62. The molecule has 0 saturated carbocycles. The zero-order valence-corrected chi connectivity index (χ0v) is 10.6. The van der Waals surface area contributed by atoms with Crippen molar-refractivity contribution in [1.82, 2.24) is 4.90 Å². The first-order valence-electron chi connectivity index (χ1n) is 6.60. The van der Waals surface area contributed by atoms with Gasteiger partial charge >= 0.3 is 0 Å². The van der Waals surface area contributed by atoms with Gasteiger partial charge in [0.25, 0.3) is 0 Å². The molecular weight excluding hydrogens is 247 g/mol. The third-order valence-electron chi connectivity index (χ3n) is 3.72. The van der Waals surface area contributed by atoms with Crippen LogP contribution in [0.25, 0.3) is 0 Å². The van der Waals surface area contributed by atoms with Crippen molar-refractivity contribution in [2.24, 2.45) is 5.73 Å². The summed E-state index contributed by atoms with van der Waals surface area (Å²) in [6.07, 6.45) is 1.82. The highest BCUT2D eigenvalue weighted by molar-refractivity contribution is 5.77.